The van der Waals surface area contributed by atoms with Crippen molar-refractivity contribution in [1.82, 2.24) is 0 Å². The van der Waals surface area contributed by atoms with Gasteiger partial charge in [0.15, 0.2) is 0 Å². The van der Waals surface area contributed by atoms with Gasteiger partial charge < -0.3 is 4.74 Å². The van der Waals surface area contributed by atoms with Crippen LogP contribution in [0.15, 0.2) is 23.8 Å². The second-order valence-electron chi connectivity index (χ2n) is 2.38. The maximum Gasteiger partial charge on any atom is 0.0792 e. The highest BCUT2D eigenvalue weighted by molar-refractivity contribution is 5.18. The number of ether oxygens (including phenoxy) is 1. The van der Waals surface area contributed by atoms with E-state index in [4.69, 9.17) is 4.74 Å². The highest BCUT2D eigenvalue weighted by Gasteiger charge is 2.05. The molecule has 0 fully saturated rings. The van der Waals surface area contributed by atoms with Crippen molar-refractivity contribution >= 4 is 0 Å². The third kappa shape index (κ3) is 1.68. The van der Waals surface area contributed by atoms with Gasteiger partial charge in [-0.25, -0.2) is 0 Å². The lowest BCUT2D eigenvalue weighted by Gasteiger charge is -2.13. The zero-order chi connectivity index (χ0) is 6.69. The van der Waals surface area contributed by atoms with Gasteiger partial charge in [-0.2, -0.15) is 0 Å². The van der Waals surface area contributed by atoms with Crippen molar-refractivity contribution in [2.24, 2.45) is 0 Å². The van der Waals surface area contributed by atoms with Crippen LogP contribution in [0.4, 0.5) is 0 Å². The first kappa shape index (κ1) is 6.56. The van der Waals surface area contributed by atoms with Gasteiger partial charge in [0.05, 0.1) is 6.10 Å². The molecule has 1 heteroatoms. The summed E-state index contributed by atoms with van der Waals surface area (Å²) in [5.74, 6) is 0. The fourth-order valence-corrected chi connectivity index (χ4v) is 0.959. The van der Waals surface area contributed by atoms with E-state index >= 15 is 0 Å². The number of allylic oxidation sites excluding steroid dienone is 2. The summed E-state index contributed by atoms with van der Waals surface area (Å²) in [5.41, 5.74) is 1.39. The first-order valence-corrected chi connectivity index (χ1v) is 3.19. The van der Waals surface area contributed by atoms with Crippen LogP contribution in [0.1, 0.15) is 13.3 Å². The molecule has 0 saturated carbocycles. The van der Waals surface area contributed by atoms with Crippen molar-refractivity contribution in [1.29, 1.82) is 0 Å². The van der Waals surface area contributed by atoms with Crippen molar-refractivity contribution < 1.29 is 4.74 Å². The Hall–Kier alpha value is -0.560. The first-order chi connectivity index (χ1) is 4.33. The predicted molar refractivity (Wildman–Crippen MR) is 38.3 cm³/mol. The van der Waals surface area contributed by atoms with E-state index in [9.17, 15) is 0 Å². The summed E-state index contributed by atoms with van der Waals surface area (Å²) < 4.78 is 5.13. The topological polar surface area (TPSA) is 9.23 Å². The van der Waals surface area contributed by atoms with Gasteiger partial charge in [-0.15, -0.1) is 0 Å². The number of hydrogen-bond acceptors (Lipinski definition) is 1. The van der Waals surface area contributed by atoms with Gasteiger partial charge in [0.1, 0.15) is 0 Å². The summed E-state index contributed by atoms with van der Waals surface area (Å²) in [6.45, 7) is 2.12. The second kappa shape index (κ2) is 2.83. The average molecular weight is 124 g/mol. The van der Waals surface area contributed by atoms with Crippen molar-refractivity contribution in [2.45, 2.75) is 19.4 Å². The van der Waals surface area contributed by atoms with Gasteiger partial charge in [-0.3, -0.25) is 0 Å². The quantitative estimate of drug-likeness (QED) is 0.518. The number of hydrogen-bond donors (Lipinski definition) is 0. The molecule has 0 aromatic rings. The first-order valence-electron chi connectivity index (χ1n) is 3.19. The monoisotopic (exact) mass is 124 g/mol. The molecule has 1 rings (SSSR count). The highest BCUT2D eigenvalue weighted by Crippen LogP contribution is 2.13. The Labute approximate surface area is 56.0 Å². The van der Waals surface area contributed by atoms with Crippen molar-refractivity contribution in [3.8, 4) is 0 Å². The molecule has 0 unspecified atom stereocenters. The molecule has 0 aromatic carbocycles. The van der Waals surface area contributed by atoms with E-state index < -0.39 is 0 Å². The zero-order valence-corrected chi connectivity index (χ0v) is 5.92. The molecule has 0 radical (unpaired) electrons. The van der Waals surface area contributed by atoms with Gasteiger partial charge in [-0.05, 0) is 13.3 Å². The van der Waals surface area contributed by atoms with Gasteiger partial charge in [0.2, 0.25) is 0 Å². The largest absolute Gasteiger partial charge is 0.377 e. The molecule has 0 amide bonds. The Morgan fingerprint density at radius 2 is 2.44 bits per heavy atom. The Bertz CT molecular complexity index is 145. The summed E-state index contributed by atoms with van der Waals surface area (Å²) in [6.07, 6.45) is 7.61. The van der Waals surface area contributed by atoms with Crippen LogP contribution in [-0.2, 0) is 4.74 Å². The average Bonchev–Trinajstić information content (AvgIpc) is 1.88. The Morgan fingerprint density at radius 3 is 2.89 bits per heavy atom. The minimum atomic E-state index is 0.315. The molecule has 0 spiro atoms. The maximum atomic E-state index is 5.13. The van der Waals surface area contributed by atoms with Gasteiger partial charge in [-0.1, -0.05) is 23.8 Å². The summed E-state index contributed by atoms with van der Waals surface area (Å²) in [5, 5.41) is 0. The Kier molecular flexibility index (Phi) is 2.06. The third-order valence-corrected chi connectivity index (χ3v) is 1.53. The fourth-order valence-electron chi connectivity index (χ4n) is 0.959. The third-order valence-electron chi connectivity index (χ3n) is 1.53. The summed E-state index contributed by atoms with van der Waals surface area (Å²) in [6, 6.07) is 0. The van der Waals surface area contributed by atoms with E-state index in [0.717, 1.165) is 6.42 Å². The summed E-state index contributed by atoms with van der Waals surface area (Å²) >= 11 is 0. The van der Waals surface area contributed by atoms with Crippen LogP contribution in [0.5, 0.6) is 0 Å². The van der Waals surface area contributed by atoms with E-state index in [1.807, 2.05) is 6.08 Å². The predicted octanol–water partition coefficient (Wildman–Crippen LogP) is 1.91. The van der Waals surface area contributed by atoms with Crippen molar-refractivity contribution in [2.75, 3.05) is 7.11 Å². The van der Waals surface area contributed by atoms with E-state index in [2.05, 4.69) is 19.1 Å². The van der Waals surface area contributed by atoms with Crippen LogP contribution in [0.2, 0.25) is 0 Å². The van der Waals surface area contributed by atoms with E-state index in [-0.39, 0.29) is 0 Å². The molecule has 9 heavy (non-hydrogen) atoms. The molecule has 50 valence electrons. The standard InChI is InChI=1S/C8H12O/c1-7-4-3-5-8(6-7)9-2/h3-5,8H,6H2,1-2H3/t8-/m1/s1. The van der Waals surface area contributed by atoms with Crippen LogP contribution < -0.4 is 0 Å². The van der Waals surface area contributed by atoms with Crippen LogP contribution in [0.3, 0.4) is 0 Å². The van der Waals surface area contributed by atoms with E-state index in [0.29, 0.717) is 6.10 Å². The minimum absolute atomic E-state index is 0.315. The van der Waals surface area contributed by atoms with Gasteiger partial charge >= 0.3 is 0 Å². The second-order valence-corrected chi connectivity index (χ2v) is 2.38. The highest BCUT2D eigenvalue weighted by atomic mass is 16.5. The molecule has 0 aromatic heterocycles. The maximum absolute atomic E-state index is 5.13. The smallest absolute Gasteiger partial charge is 0.0792 e. The molecule has 0 aliphatic heterocycles. The van der Waals surface area contributed by atoms with Gasteiger partial charge in [0.25, 0.3) is 0 Å². The molecule has 1 aliphatic carbocycles. The molecular weight excluding hydrogens is 112 g/mol. The molecule has 0 saturated heterocycles. The SMILES string of the molecule is CO[C@@H]1C=CC=C(C)C1. The van der Waals surface area contributed by atoms with Crippen LogP contribution in [-0.4, -0.2) is 13.2 Å². The normalized spacial score (nSPS) is 26.0. The van der Waals surface area contributed by atoms with E-state index in [1.165, 1.54) is 5.57 Å². The fraction of sp³-hybridized carbons (Fsp3) is 0.500. The summed E-state index contributed by atoms with van der Waals surface area (Å²) in [7, 11) is 1.74. The molecule has 1 aliphatic rings. The zero-order valence-electron chi connectivity index (χ0n) is 5.92. The molecular formula is C8H12O. The number of rotatable bonds is 1. The number of methoxy groups -OCH3 is 1. The Morgan fingerprint density at radius 1 is 1.67 bits per heavy atom. The molecule has 1 atom stereocenters. The van der Waals surface area contributed by atoms with Crippen LogP contribution >= 0.6 is 0 Å². The van der Waals surface area contributed by atoms with Crippen molar-refractivity contribution in [3.63, 3.8) is 0 Å². The molecule has 0 N–H and O–H groups in total. The lowest BCUT2D eigenvalue weighted by molar-refractivity contribution is 0.140. The summed E-state index contributed by atoms with van der Waals surface area (Å²) in [4.78, 5) is 0. The van der Waals surface area contributed by atoms with Crippen molar-refractivity contribution in [3.05, 3.63) is 23.8 Å². The lowest BCUT2D eigenvalue weighted by atomic mass is 10.0. The Balaban J connectivity index is 2.51. The van der Waals surface area contributed by atoms with Gasteiger partial charge in [0, 0.05) is 7.11 Å². The van der Waals surface area contributed by atoms with E-state index in [1.54, 1.807) is 7.11 Å². The van der Waals surface area contributed by atoms with Crippen LogP contribution in [0.25, 0.3) is 0 Å². The lowest BCUT2D eigenvalue weighted by Crippen LogP contribution is -2.08. The molecule has 0 bridgehead atoms. The minimum Gasteiger partial charge on any atom is -0.377 e. The molecule has 0 heterocycles. The van der Waals surface area contributed by atoms with Crippen LogP contribution in [0, 0.1) is 0 Å². The molecule has 1 nitrogen and oxygen atoms in total.